The predicted octanol–water partition coefficient (Wildman–Crippen LogP) is 4.61. The third kappa shape index (κ3) is 4.50. The second-order valence-electron chi connectivity index (χ2n) is 4.92. The van der Waals surface area contributed by atoms with Gasteiger partial charge in [-0.15, -0.1) is 0 Å². The van der Waals surface area contributed by atoms with Gasteiger partial charge in [-0.2, -0.15) is 0 Å². The summed E-state index contributed by atoms with van der Waals surface area (Å²) in [4.78, 5) is 1.93. The first-order chi connectivity index (χ1) is 10.1. The number of hydrogen-bond acceptors (Lipinski definition) is 2. The van der Waals surface area contributed by atoms with E-state index in [0.29, 0.717) is 17.4 Å². The van der Waals surface area contributed by atoms with Crippen molar-refractivity contribution in [2.45, 2.75) is 20.0 Å². The van der Waals surface area contributed by atoms with Crippen molar-refractivity contribution in [1.29, 1.82) is 5.41 Å². The standard InChI is InChI=1S/C17H19ClN2O/c1-13(21-17-10-6-7-15(18)11-17)12-20(14(2)19)16-8-4-3-5-9-16/h3-11,13,19H,12H2,1-2H3. The molecule has 3 nitrogen and oxygen atoms in total. The zero-order valence-electron chi connectivity index (χ0n) is 12.2. The number of nitrogens with zero attached hydrogens (tertiary/aromatic N) is 1. The molecule has 0 saturated heterocycles. The van der Waals surface area contributed by atoms with Crippen molar-refractivity contribution in [3.05, 3.63) is 59.6 Å². The van der Waals surface area contributed by atoms with E-state index in [1.165, 1.54) is 0 Å². The maximum atomic E-state index is 7.95. The molecule has 0 aromatic heterocycles. The molecule has 0 amide bonds. The van der Waals surface area contributed by atoms with Crippen LogP contribution >= 0.6 is 11.6 Å². The van der Waals surface area contributed by atoms with Gasteiger partial charge in [-0.1, -0.05) is 35.9 Å². The van der Waals surface area contributed by atoms with E-state index in [2.05, 4.69) is 0 Å². The Bertz CT molecular complexity index is 601. The third-order valence-corrected chi connectivity index (χ3v) is 3.28. The minimum absolute atomic E-state index is 0.0658. The van der Waals surface area contributed by atoms with Gasteiger partial charge in [0, 0.05) is 10.7 Å². The monoisotopic (exact) mass is 302 g/mol. The van der Waals surface area contributed by atoms with E-state index in [1.807, 2.05) is 60.4 Å². The van der Waals surface area contributed by atoms with Gasteiger partial charge in [-0.3, -0.25) is 5.41 Å². The van der Waals surface area contributed by atoms with Crippen LogP contribution in [0.25, 0.3) is 0 Å². The zero-order chi connectivity index (χ0) is 15.2. The maximum absolute atomic E-state index is 7.95. The van der Waals surface area contributed by atoms with E-state index >= 15 is 0 Å². The molecule has 1 atom stereocenters. The van der Waals surface area contributed by atoms with Gasteiger partial charge < -0.3 is 9.64 Å². The van der Waals surface area contributed by atoms with Gasteiger partial charge in [0.05, 0.1) is 12.4 Å². The number of ether oxygens (including phenoxy) is 1. The lowest BCUT2D eigenvalue weighted by molar-refractivity contribution is 0.230. The smallest absolute Gasteiger partial charge is 0.121 e. The van der Waals surface area contributed by atoms with Crippen molar-refractivity contribution < 1.29 is 4.74 Å². The lowest BCUT2D eigenvalue weighted by Gasteiger charge is -2.27. The summed E-state index contributed by atoms with van der Waals surface area (Å²) in [5.74, 6) is 1.23. The van der Waals surface area contributed by atoms with Crippen molar-refractivity contribution in [3.8, 4) is 5.75 Å². The van der Waals surface area contributed by atoms with Crippen molar-refractivity contribution >= 4 is 23.1 Å². The van der Waals surface area contributed by atoms with Gasteiger partial charge in [-0.05, 0) is 44.2 Å². The van der Waals surface area contributed by atoms with Crippen LogP contribution in [0.2, 0.25) is 5.02 Å². The van der Waals surface area contributed by atoms with Crippen LogP contribution in [0, 0.1) is 5.41 Å². The lowest BCUT2D eigenvalue weighted by Crippen LogP contribution is -2.37. The summed E-state index contributed by atoms with van der Waals surface area (Å²) in [5, 5.41) is 8.60. The van der Waals surface area contributed by atoms with E-state index in [4.69, 9.17) is 21.7 Å². The third-order valence-electron chi connectivity index (χ3n) is 3.05. The lowest BCUT2D eigenvalue weighted by atomic mass is 10.2. The van der Waals surface area contributed by atoms with Gasteiger partial charge >= 0.3 is 0 Å². The topological polar surface area (TPSA) is 36.3 Å². The fourth-order valence-corrected chi connectivity index (χ4v) is 2.29. The molecule has 4 heteroatoms. The van der Waals surface area contributed by atoms with Crippen LogP contribution in [0.5, 0.6) is 5.75 Å². The van der Waals surface area contributed by atoms with Gasteiger partial charge in [0.1, 0.15) is 11.9 Å². The van der Waals surface area contributed by atoms with Crippen LogP contribution in [0.4, 0.5) is 5.69 Å². The quantitative estimate of drug-likeness (QED) is 0.646. The molecule has 0 bridgehead atoms. The molecule has 0 aliphatic carbocycles. The summed E-state index contributed by atoms with van der Waals surface area (Å²) in [6.07, 6.45) is -0.0658. The minimum atomic E-state index is -0.0658. The molecule has 2 aromatic carbocycles. The first kappa shape index (κ1) is 15.4. The molecular weight excluding hydrogens is 284 g/mol. The average molecular weight is 303 g/mol. The van der Waals surface area contributed by atoms with Gasteiger partial charge in [-0.25, -0.2) is 0 Å². The summed E-state index contributed by atoms with van der Waals surface area (Å²) in [6.45, 7) is 4.37. The molecule has 0 aliphatic heterocycles. The Morgan fingerprint density at radius 3 is 2.52 bits per heavy atom. The van der Waals surface area contributed by atoms with Crippen LogP contribution in [0.1, 0.15) is 13.8 Å². The highest BCUT2D eigenvalue weighted by Gasteiger charge is 2.14. The van der Waals surface area contributed by atoms with Crippen LogP contribution < -0.4 is 9.64 Å². The molecule has 0 fully saturated rings. The van der Waals surface area contributed by atoms with Gasteiger partial charge in [0.15, 0.2) is 0 Å². The second kappa shape index (κ2) is 7.14. The highest BCUT2D eigenvalue weighted by atomic mass is 35.5. The predicted molar refractivity (Wildman–Crippen MR) is 88.7 cm³/mol. The Morgan fingerprint density at radius 2 is 1.90 bits per heavy atom. The molecule has 110 valence electrons. The van der Waals surface area contributed by atoms with Crippen LogP contribution in [0.3, 0.4) is 0 Å². The Balaban J connectivity index is 2.05. The summed E-state index contributed by atoms with van der Waals surface area (Å²) >= 11 is 5.96. The Labute approximate surface area is 130 Å². The van der Waals surface area contributed by atoms with Gasteiger partial charge in [0.2, 0.25) is 0 Å². The number of para-hydroxylation sites is 1. The Hall–Kier alpha value is -2.00. The number of halogens is 1. The van der Waals surface area contributed by atoms with Crippen molar-refractivity contribution in [2.75, 3.05) is 11.4 Å². The van der Waals surface area contributed by atoms with E-state index in [9.17, 15) is 0 Å². The Morgan fingerprint density at radius 1 is 1.19 bits per heavy atom. The average Bonchev–Trinajstić information content (AvgIpc) is 2.45. The minimum Gasteiger partial charge on any atom is -0.489 e. The molecule has 0 spiro atoms. The van der Waals surface area contributed by atoms with Gasteiger partial charge in [0.25, 0.3) is 0 Å². The first-order valence-electron chi connectivity index (χ1n) is 6.86. The molecule has 1 unspecified atom stereocenters. The van der Waals surface area contributed by atoms with E-state index in [-0.39, 0.29) is 6.10 Å². The second-order valence-corrected chi connectivity index (χ2v) is 5.35. The number of amidine groups is 1. The number of rotatable bonds is 5. The van der Waals surface area contributed by atoms with Crippen LogP contribution in [-0.2, 0) is 0 Å². The molecule has 2 aromatic rings. The number of hydrogen-bond donors (Lipinski definition) is 1. The molecule has 0 saturated carbocycles. The summed E-state index contributed by atoms with van der Waals surface area (Å²) < 4.78 is 5.87. The molecule has 0 aliphatic rings. The SMILES string of the molecule is CC(=N)N(CC(C)Oc1cccc(Cl)c1)c1ccccc1. The molecule has 21 heavy (non-hydrogen) atoms. The molecular formula is C17H19ClN2O. The number of nitrogens with one attached hydrogen (secondary N) is 1. The highest BCUT2D eigenvalue weighted by molar-refractivity contribution is 6.30. The molecule has 2 rings (SSSR count). The van der Waals surface area contributed by atoms with Crippen molar-refractivity contribution in [1.82, 2.24) is 0 Å². The fourth-order valence-electron chi connectivity index (χ4n) is 2.11. The van der Waals surface area contributed by atoms with Crippen LogP contribution in [0.15, 0.2) is 54.6 Å². The first-order valence-corrected chi connectivity index (χ1v) is 7.24. The highest BCUT2D eigenvalue weighted by Crippen LogP contribution is 2.20. The van der Waals surface area contributed by atoms with Crippen LogP contribution in [-0.4, -0.2) is 18.5 Å². The summed E-state index contributed by atoms with van der Waals surface area (Å²) in [6, 6.07) is 17.2. The van der Waals surface area contributed by atoms with E-state index < -0.39 is 0 Å². The summed E-state index contributed by atoms with van der Waals surface area (Å²) in [5.41, 5.74) is 0.992. The largest absolute Gasteiger partial charge is 0.489 e. The number of benzene rings is 2. The summed E-state index contributed by atoms with van der Waals surface area (Å²) in [7, 11) is 0. The molecule has 0 heterocycles. The zero-order valence-corrected chi connectivity index (χ0v) is 13.0. The Kier molecular flexibility index (Phi) is 5.23. The van der Waals surface area contributed by atoms with E-state index in [0.717, 1.165) is 11.4 Å². The molecule has 0 radical (unpaired) electrons. The van der Waals surface area contributed by atoms with Crippen molar-refractivity contribution in [2.24, 2.45) is 0 Å². The van der Waals surface area contributed by atoms with Crippen molar-refractivity contribution in [3.63, 3.8) is 0 Å². The normalized spacial score (nSPS) is 11.8. The maximum Gasteiger partial charge on any atom is 0.121 e. The molecule has 1 N–H and O–H groups in total. The fraction of sp³-hybridized carbons (Fsp3) is 0.235. The number of anilines is 1. The van der Waals surface area contributed by atoms with E-state index in [1.54, 1.807) is 13.0 Å².